The van der Waals surface area contributed by atoms with Crippen LogP contribution in [-0.4, -0.2) is 21.1 Å². The van der Waals surface area contributed by atoms with Gasteiger partial charge in [-0.2, -0.15) is 9.49 Å². The first-order chi connectivity index (χ1) is 8.16. The van der Waals surface area contributed by atoms with Crippen molar-refractivity contribution in [2.24, 2.45) is 0 Å². The lowest BCUT2D eigenvalue weighted by molar-refractivity contribution is 0.0950. The van der Waals surface area contributed by atoms with Gasteiger partial charge in [-0.15, -0.1) is 0 Å². The maximum Gasteiger partial charge on any atom is 0.251 e. The Morgan fingerprint density at radius 3 is 3.06 bits per heavy atom. The fraction of sp³-hybridized carbons (Fsp3) is 0.182. The minimum absolute atomic E-state index is 0.249. The number of aromatic amines is 1. The summed E-state index contributed by atoms with van der Waals surface area (Å²) in [5, 5.41) is 9.29. The van der Waals surface area contributed by atoms with Crippen molar-refractivity contribution in [2.75, 3.05) is 0 Å². The lowest BCUT2D eigenvalue weighted by atomic mass is 10.2. The summed E-state index contributed by atoms with van der Waals surface area (Å²) in [6.07, 6.45) is 2.90. The van der Waals surface area contributed by atoms with Crippen LogP contribution in [-0.2, 0) is 6.54 Å². The summed E-state index contributed by atoms with van der Waals surface area (Å²) >= 11 is 0. The number of hydrogen-bond acceptors (Lipinski definition) is 3. The average Bonchev–Trinajstić information content (AvgIpc) is 2.72. The number of rotatable bonds is 3. The molecule has 0 aliphatic rings. The Kier molecular flexibility index (Phi) is 3.13. The van der Waals surface area contributed by atoms with Crippen molar-refractivity contribution in [3.63, 3.8) is 0 Å². The van der Waals surface area contributed by atoms with E-state index >= 15 is 0 Å². The van der Waals surface area contributed by atoms with Crippen LogP contribution in [0.15, 0.2) is 24.5 Å². The van der Waals surface area contributed by atoms with Gasteiger partial charge in [-0.3, -0.25) is 9.89 Å². The molecule has 2 aromatic heterocycles. The Bertz CT molecular complexity index is 538. The lowest BCUT2D eigenvalue weighted by Crippen LogP contribution is -2.23. The van der Waals surface area contributed by atoms with Gasteiger partial charge in [-0.05, 0) is 13.0 Å². The Morgan fingerprint density at radius 2 is 2.41 bits per heavy atom. The number of nitrogens with zero attached hydrogens (tertiary/aromatic N) is 2. The Hall–Kier alpha value is -2.24. The number of nitrogens with one attached hydrogen (secondary N) is 2. The van der Waals surface area contributed by atoms with E-state index in [0.29, 0.717) is 6.54 Å². The molecule has 0 radical (unpaired) electrons. The van der Waals surface area contributed by atoms with Gasteiger partial charge in [-0.1, -0.05) is 0 Å². The minimum atomic E-state index is -0.669. The van der Waals surface area contributed by atoms with Crippen molar-refractivity contribution < 1.29 is 9.18 Å². The molecule has 0 saturated heterocycles. The second-order valence-corrected chi connectivity index (χ2v) is 3.57. The summed E-state index contributed by atoms with van der Waals surface area (Å²) in [5.41, 5.74) is 2.04. The molecule has 0 aliphatic carbocycles. The highest BCUT2D eigenvalue weighted by Gasteiger charge is 2.07. The van der Waals surface area contributed by atoms with Gasteiger partial charge >= 0.3 is 0 Å². The van der Waals surface area contributed by atoms with E-state index in [0.717, 1.165) is 17.3 Å². The molecule has 0 bridgehead atoms. The molecule has 2 rings (SSSR count). The first-order valence-electron chi connectivity index (χ1n) is 5.05. The minimum Gasteiger partial charge on any atom is -0.348 e. The van der Waals surface area contributed by atoms with Crippen LogP contribution in [0.5, 0.6) is 0 Å². The zero-order valence-corrected chi connectivity index (χ0v) is 9.20. The fourth-order valence-corrected chi connectivity index (χ4v) is 1.38. The van der Waals surface area contributed by atoms with Gasteiger partial charge in [0.25, 0.3) is 5.91 Å². The molecule has 0 aromatic carbocycles. The maximum absolute atomic E-state index is 12.8. The Labute approximate surface area is 97.1 Å². The number of H-pyrrole nitrogens is 1. The first kappa shape index (κ1) is 11.3. The Morgan fingerprint density at radius 1 is 1.59 bits per heavy atom. The van der Waals surface area contributed by atoms with Crippen LogP contribution >= 0.6 is 0 Å². The molecule has 2 heterocycles. The third-order valence-corrected chi connectivity index (χ3v) is 2.36. The van der Waals surface area contributed by atoms with Gasteiger partial charge in [0.1, 0.15) is 0 Å². The molecule has 0 unspecified atom stereocenters. The van der Waals surface area contributed by atoms with Gasteiger partial charge in [-0.25, -0.2) is 4.98 Å². The van der Waals surface area contributed by atoms with Crippen LogP contribution in [0.1, 0.15) is 21.6 Å². The highest BCUT2D eigenvalue weighted by atomic mass is 19.1. The molecule has 88 valence electrons. The summed E-state index contributed by atoms with van der Waals surface area (Å²) in [5.74, 6) is -1.01. The van der Waals surface area contributed by atoms with Crippen molar-refractivity contribution in [1.29, 1.82) is 0 Å². The van der Waals surface area contributed by atoms with Crippen molar-refractivity contribution in [2.45, 2.75) is 13.5 Å². The number of carbonyl (C=O) groups excluding carboxylic acids is 1. The number of hydrogen-bond donors (Lipinski definition) is 2. The topological polar surface area (TPSA) is 70.7 Å². The second kappa shape index (κ2) is 4.73. The van der Waals surface area contributed by atoms with Gasteiger partial charge in [0.15, 0.2) is 0 Å². The highest BCUT2D eigenvalue weighted by Crippen LogP contribution is 2.04. The normalized spacial score (nSPS) is 10.2. The van der Waals surface area contributed by atoms with Crippen LogP contribution in [0.25, 0.3) is 0 Å². The number of aryl methyl sites for hydroxylation is 1. The molecule has 0 fully saturated rings. The zero-order chi connectivity index (χ0) is 12.3. The van der Waals surface area contributed by atoms with Crippen molar-refractivity contribution in [3.8, 4) is 0 Å². The summed E-state index contributed by atoms with van der Waals surface area (Å²) in [4.78, 5) is 15.1. The molecule has 0 aliphatic heterocycles. The number of halogens is 1. The largest absolute Gasteiger partial charge is 0.348 e. The molecule has 2 N–H and O–H groups in total. The van der Waals surface area contributed by atoms with E-state index in [2.05, 4.69) is 20.5 Å². The molecule has 5 nitrogen and oxygen atoms in total. The quantitative estimate of drug-likeness (QED) is 0.783. The summed E-state index contributed by atoms with van der Waals surface area (Å²) in [6.45, 7) is 2.21. The predicted octanol–water partition coefficient (Wildman–Crippen LogP) is 1.18. The summed E-state index contributed by atoms with van der Waals surface area (Å²) < 4.78 is 12.8. The van der Waals surface area contributed by atoms with Crippen LogP contribution in [0.4, 0.5) is 4.39 Å². The van der Waals surface area contributed by atoms with E-state index in [1.54, 1.807) is 6.20 Å². The van der Waals surface area contributed by atoms with E-state index in [4.69, 9.17) is 0 Å². The second-order valence-electron chi connectivity index (χ2n) is 3.57. The predicted molar refractivity (Wildman–Crippen MR) is 58.7 cm³/mol. The lowest BCUT2D eigenvalue weighted by Gasteiger charge is -2.04. The zero-order valence-electron chi connectivity index (χ0n) is 9.20. The standard InChI is InChI=1S/C11H11FN4O/c1-7-9(6-15-16-7)5-14-11(17)8-2-3-13-10(12)4-8/h2-4,6H,5H2,1H3,(H,14,17)(H,15,16). The van der Waals surface area contributed by atoms with E-state index in [9.17, 15) is 9.18 Å². The summed E-state index contributed by atoms with van der Waals surface area (Å²) in [6, 6.07) is 2.55. The molecule has 0 spiro atoms. The van der Waals surface area contributed by atoms with Gasteiger partial charge in [0.05, 0.1) is 6.20 Å². The number of pyridine rings is 1. The van der Waals surface area contributed by atoms with Crippen molar-refractivity contribution in [3.05, 3.63) is 47.3 Å². The van der Waals surface area contributed by atoms with Gasteiger partial charge < -0.3 is 5.32 Å². The Balaban J connectivity index is 2.01. The van der Waals surface area contributed by atoms with Crippen LogP contribution < -0.4 is 5.32 Å². The van der Waals surface area contributed by atoms with Crippen molar-refractivity contribution >= 4 is 5.91 Å². The maximum atomic E-state index is 12.8. The molecule has 2 aromatic rings. The molecule has 1 amide bonds. The molecular formula is C11H11FN4O. The van der Waals surface area contributed by atoms with Crippen LogP contribution in [0, 0.1) is 12.9 Å². The third kappa shape index (κ3) is 2.66. The fourth-order valence-electron chi connectivity index (χ4n) is 1.38. The molecule has 6 heteroatoms. The molecule has 0 saturated carbocycles. The number of amides is 1. The molecular weight excluding hydrogens is 223 g/mol. The van der Waals surface area contributed by atoms with E-state index < -0.39 is 5.95 Å². The highest BCUT2D eigenvalue weighted by molar-refractivity contribution is 5.93. The van der Waals surface area contributed by atoms with E-state index in [-0.39, 0.29) is 11.5 Å². The van der Waals surface area contributed by atoms with Crippen LogP contribution in [0.3, 0.4) is 0 Å². The van der Waals surface area contributed by atoms with E-state index in [1.807, 2.05) is 6.92 Å². The third-order valence-electron chi connectivity index (χ3n) is 2.36. The first-order valence-corrected chi connectivity index (χ1v) is 5.05. The average molecular weight is 234 g/mol. The summed E-state index contributed by atoms with van der Waals surface area (Å²) in [7, 11) is 0. The SMILES string of the molecule is Cc1[nH]ncc1CNC(=O)c1ccnc(F)c1. The van der Waals surface area contributed by atoms with Gasteiger partial charge in [0, 0.05) is 35.6 Å². The molecule has 17 heavy (non-hydrogen) atoms. The van der Waals surface area contributed by atoms with Crippen LogP contribution in [0.2, 0.25) is 0 Å². The van der Waals surface area contributed by atoms with E-state index in [1.165, 1.54) is 12.3 Å². The number of carbonyl (C=O) groups is 1. The van der Waals surface area contributed by atoms with Gasteiger partial charge in [0.2, 0.25) is 5.95 Å². The molecule has 0 atom stereocenters. The number of aromatic nitrogens is 3. The van der Waals surface area contributed by atoms with Crippen molar-refractivity contribution in [1.82, 2.24) is 20.5 Å². The smallest absolute Gasteiger partial charge is 0.251 e. The monoisotopic (exact) mass is 234 g/mol.